The third-order valence-electron chi connectivity index (χ3n) is 3.65. The van der Waals surface area contributed by atoms with Crippen molar-refractivity contribution in [3.63, 3.8) is 0 Å². The second-order valence-electron chi connectivity index (χ2n) is 5.28. The van der Waals surface area contributed by atoms with Gasteiger partial charge in [0, 0.05) is 31.1 Å². The van der Waals surface area contributed by atoms with Gasteiger partial charge in [0.1, 0.15) is 0 Å². The number of amides is 1. The van der Waals surface area contributed by atoms with Crippen LogP contribution in [-0.2, 0) is 11.2 Å². The molecule has 0 bridgehead atoms. The fraction of sp³-hybridized carbons (Fsp3) is 0.167. The quantitative estimate of drug-likeness (QED) is 0.704. The lowest BCUT2D eigenvalue weighted by molar-refractivity contribution is -0.118. The zero-order valence-corrected chi connectivity index (χ0v) is 13.9. The first-order chi connectivity index (χ1) is 11.6. The van der Waals surface area contributed by atoms with E-state index in [1.807, 2.05) is 48.5 Å². The van der Waals surface area contributed by atoms with Crippen LogP contribution >= 0.6 is 11.6 Å². The average Bonchev–Trinajstić information content (AvgIpc) is 3.09. The van der Waals surface area contributed by atoms with Crippen molar-refractivity contribution in [1.29, 1.82) is 0 Å². The average molecular weight is 342 g/mol. The maximum Gasteiger partial charge on any atom is 0.227 e. The van der Waals surface area contributed by atoms with Crippen molar-refractivity contribution in [2.24, 2.45) is 0 Å². The van der Waals surface area contributed by atoms with Gasteiger partial charge in [-0.3, -0.25) is 4.79 Å². The van der Waals surface area contributed by atoms with Gasteiger partial charge in [-0.05, 0) is 24.3 Å². The molecule has 24 heavy (non-hydrogen) atoms. The number of benzene rings is 2. The summed E-state index contributed by atoms with van der Waals surface area (Å²) in [6.45, 7) is 0. The van der Waals surface area contributed by atoms with Crippen molar-refractivity contribution in [1.82, 2.24) is 10.1 Å². The number of para-hydroxylation sites is 1. The molecule has 6 heteroatoms. The zero-order valence-electron chi connectivity index (χ0n) is 13.1. The molecule has 0 N–H and O–H groups in total. The molecular formula is C18H16ClN3O2. The molecule has 3 aromatic rings. The minimum Gasteiger partial charge on any atom is -0.339 e. The number of aromatic nitrogens is 2. The van der Waals surface area contributed by atoms with Gasteiger partial charge in [0.05, 0.1) is 5.02 Å². The van der Waals surface area contributed by atoms with Crippen LogP contribution in [0.3, 0.4) is 0 Å². The highest BCUT2D eigenvalue weighted by Gasteiger charge is 2.15. The van der Waals surface area contributed by atoms with E-state index in [0.717, 1.165) is 5.69 Å². The zero-order chi connectivity index (χ0) is 16.9. The molecule has 0 saturated carbocycles. The Kier molecular flexibility index (Phi) is 4.91. The fourth-order valence-corrected chi connectivity index (χ4v) is 2.51. The molecule has 0 aliphatic rings. The highest BCUT2D eigenvalue weighted by atomic mass is 35.5. The maximum absolute atomic E-state index is 12.3. The predicted molar refractivity (Wildman–Crippen MR) is 92.9 cm³/mol. The first kappa shape index (κ1) is 16.2. The van der Waals surface area contributed by atoms with Crippen LogP contribution in [0.5, 0.6) is 0 Å². The Labute approximate surface area is 144 Å². The molecule has 0 aliphatic carbocycles. The number of carbonyl (C=O) groups excluding carboxylic acids is 1. The maximum atomic E-state index is 12.3. The Morgan fingerprint density at radius 2 is 1.83 bits per heavy atom. The summed E-state index contributed by atoms with van der Waals surface area (Å²) in [5, 5.41) is 4.49. The van der Waals surface area contributed by atoms with Gasteiger partial charge in [-0.25, -0.2) is 0 Å². The number of carbonyl (C=O) groups is 1. The van der Waals surface area contributed by atoms with Gasteiger partial charge < -0.3 is 9.42 Å². The molecule has 0 spiro atoms. The summed E-state index contributed by atoms with van der Waals surface area (Å²) >= 11 is 6.12. The number of anilines is 1. The largest absolute Gasteiger partial charge is 0.339 e. The van der Waals surface area contributed by atoms with E-state index in [9.17, 15) is 4.79 Å². The van der Waals surface area contributed by atoms with E-state index in [4.69, 9.17) is 16.1 Å². The monoisotopic (exact) mass is 341 g/mol. The smallest absolute Gasteiger partial charge is 0.227 e. The summed E-state index contributed by atoms with van der Waals surface area (Å²) < 4.78 is 5.22. The first-order valence-corrected chi connectivity index (χ1v) is 7.92. The van der Waals surface area contributed by atoms with Crippen LogP contribution in [0, 0.1) is 0 Å². The van der Waals surface area contributed by atoms with Crippen molar-refractivity contribution in [3.05, 3.63) is 65.5 Å². The third kappa shape index (κ3) is 3.63. The minimum atomic E-state index is -0.0151. The molecule has 0 aliphatic heterocycles. The molecule has 2 aromatic carbocycles. The molecule has 0 radical (unpaired) electrons. The fourth-order valence-electron chi connectivity index (χ4n) is 2.29. The normalized spacial score (nSPS) is 10.6. The Morgan fingerprint density at radius 1 is 1.12 bits per heavy atom. The second kappa shape index (κ2) is 7.27. The summed E-state index contributed by atoms with van der Waals surface area (Å²) in [5.41, 5.74) is 1.56. The lowest BCUT2D eigenvalue weighted by Gasteiger charge is -2.16. The van der Waals surface area contributed by atoms with E-state index < -0.39 is 0 Å². The number of nitrogens with zero attached hydrogens (tertiary/aromatic N) is 3. The standard InChI is InChI=1S/C18H16ClN3O2/c1-22(13-7-3-2-4-8-13)17(23)12-11-16-20-18(21-24-16)14-9-5-6-10-15(14)19/h2-10H,11-12H2,1H3. The van der Waals surface area contributed by atoms with Crippen molar-refractivity contribution < 1.29 is 9.32 Å². The number of hydrogen-bond acceptors (Lipinski definition) is 4. The van der Waals surface area contributed by atoms with Gasteiger partial charge in [0.25, 0.3) is 0 Å². The SMILES string of the molecule is CN(C(=O)CCc1nc(-c2ccccc2Cl)no1)c1ccccc1. The van der Waals surface area contributed by atoms with Crippen molar-refractivity contribution in [3.8, 4) is 11.4 Å². The predicted octanol–water partition coefficient (Wildman–Crippen LogP) is 3.99. The van der Waals surface area contributed by atoms with E-state index >= 15 is 0 Å². The number of halogens is 1. The van der Waals surface area contributed by atoms with Gasteiger partial charge in [0.2, 0.25) is 17.6 Å². The van der Waals surface area contributed by atoms with Crippen molar-refractivity contribution in [2.45, 2.75) is 12.8 Å². The van der Waals surface area contributed by atoms with Crippen LogP contribution in [0.4, 0.5) is 5.69 Å². The Bertz CT molecular complexity index is 833. The molecule has 1 heterocycles. The second-order valence-corrected chi connectivity index (χ2v) is 5.69. The summed E-state index contributed by atoms with van der Waals surface area (Å²) in [6, 6.07) is 16.8. The topological polar surface area (TPSA) is 59.2 Å². The van der Waals surface area contributed by atoms with Crippen LogP contribution in [0.1, 0.15) is 12.3 Å². The van der Waals surface area contributed by atoms with Crippen molar-refractivity contribution in [2.75, 3.05) is 11.9 Å². The number of hydrogen-bond donors (Lipinski definition) is 0. The molecular weight excluding hydrogens is 326 g/mol. The van der Waals surface area contributed by atoms with Crippen LogP contribution in [0.25, 0.3) is 11.4 Å². The van der Waals surface area contributed by atoms with Gasteiger partial charge in [-0.2, -0.15) is 4.98 Å². The Hall–Kier alpha value is -2.66. The lowest BCUT2D eigenvalue weighted by Crippen LogP contribution is -2.26. The van der Waals surface area contributed by atoms with Gasteiger partial charge in [-0.1, -0.05) is 47.1 Å². The highest BCUT2D eigenvalue weighted by molar-refractivity contribution is 6.33. The summed E-state index contributed by atoms with van der Waals surface area (Å²) in [7, 11) is 1.75. The summed E-state index contributed by atoms with van der Waals surface area (Å²) in [5.74, 6) is 0.831. The van der Waals surface area contributed by atoms with Gasteiger partial charge in [-0.15, -0.1) is 0 Å². The van der Waals surface area contributed by atoms with Crippen LogP contribution < -0.4 is 4.90 Å². The molecule has 0 atom stereocenters. The minimum absolute atomic E-state index is 0.0151. The number of aryl methyl sites for hydroxylation is 1. The summed E-state index contributed by atoms with van der Waals surface area (Å²) in [6.07, 6.45) is 0.670. The van der Waals surface area contributed by atoms with E-state index in [-0.39, 0.29) is 12.3 Å². The van der Waals surface area contributed by atoms with Crippen LogP contribution in [0.15, 0.2) is 59.1 Å². The molecule has 0 unspecified atom stereocenters. The summed E-state index contributed by atoms with van der Waals surface area (Å²) in [4.78, 5) is 18.2. The molecule has 5 nitrogen and oxygen atoms in total. The van der Waals surface area contributed by atoms with Crippen molar-refractivity contribution >= 4 is 23.2 Å². The molecule has 122 valence electrons. The van der Waals surface area contributed by atoms with E-state index in [2.05, 4.69) is 10.1 Å². The van der Waals surface area contributed by atoms with Gasteiger partial charge in [0.15, 0.2) is 0 Å². The Morgan fingerprint density at radius 3 is 2.58 bits per heavy atom. The van der Waals surface area contributed by atoms with E-state index in [1.165, 1.54) is 0 Å². The van der Waals surface area contributed by atoms with Crippen LogP contribution in [0.2, 0.25) is 5.02 Å². The molecule has 1 amide bonds. The first-order valence-electron chi connectivity index (χ1n) is 7.54. The Balaban J connectivity index is 1.64. The highest BCUT2D eigenvalue weighted by Crippen LogP contribution is 2.25. The third-order valence-corrected chi connectivity index (χ3v) is 3.98. The van der Waals surface area contributed by atoms with Crippen LogP contribution in [-0.4, -0.2) is 23.1 Å². The van der Waals surface area contributed by atoms with E-state index in [1.54, 1.807) is 18.0 Å². The number of rotatable bonds is 5. The molecule has 0 fully saturated rings. The molecule has 0 saturated heterocycles. The van der Waals surface area contributed by atoms with Gasteiger partial charge >= 0.3 is 0 Å². The molecule has 1 aromatic heterocycles. The lowest BCUT2D eigenvalue weighted by atomic mass is 10.2. The molecule has 3 rings (SSSR count). The van der Waals surface area contributed by atoms with E-state index in [0.29, 0.717) is 28.7 Å².